The van der Waals surface area contributed by atoms with Crippen LogP contribution in [0.15, 0.2) is 12.1 Å². The van der Waals surface area contributed by atoms with Crippen LogP contribution >= 0.6 is 11.3 Å². The Morgan fingerprint density at radius 1 is 1.44 bits per heavy atom. The zero-order valence-corrected chi connectivity index (χ0v) is 10.3. The molecule has 0 bridgehead atoms. The van der Waals surface area contributed by atoms with Crippen molar-refractivity contribution in [2.45, 2.75) is 26.2 Å². The van der Waals surface area contributed by atoms with Gasteiger partial charge in [-0.05, 0) is 37.3 Å². The minimum Gasteiger partial charge on any atom is -0.477 e. The van der Waals surface area contributed by atoms with Crippen LogP contribution in [-0.2, 0) is 0 Å². The summed E-state index contributed by atoms with van der Waals surface area (Å²) in [7, 11) is 0. The second kappa shape index (κ2) is 4.87. The quantitative estimate of drug-likeness (QED) is 0.862. The molecule has 0 amide bonds. The van der Waals surface area contributed by atoms with E-state index in [-0.39, 0.29) is 0 Å². The van der Waals surface area contributed by atoms with Crippen molar-refractivity contribution in [1.82, 2.24) is 0 Å². The van der Waals surface area contributed by atoms with Gasteiger partial charge in [0.05, 0.1) is 5.00 Å². The van der Waals surface area contributed by atoms with Crippen LogP contribution in [0, 0.1) is 5.92 Å². The standard InChI is InChI=1S/C12H17NO2S/c1-9-3-2-7-13(8-6-9)11-5-4-10(16-11)12(14)15/h4-5,9H,2-3,6-8H2,1H3,(H,14,15). The summed E-state index contributed by atoms with van der Waals surface area (Å²) in [5, 5.41) is 9.99. The third kappa shape index (κ3) is 2.55. The van der Waals surface area contributed by atoms with Crippen LogP contribution in [0.3, 0.4) is 0 Å². The summed E-state index contributed by atoms with van der Waals surface area (Å²) in [6.07, 6.45) is 3.70. The molecule has 0 saturated carbocycles. The zero-order chi connectivity index (χ0) is 11.5. The number of carboxylic acid groups (broad SMARTS) is 1. The Kier molecular flexibility index (Phi) is 3.49. The maximum absolute atomic E-state index is 10.8. The van der Waals surface area contributed by atoms with Gasteiger partial charge in [-0.2, -0.15) is 0 Å². The number of hydrogen-bond donors (Lipinski definition) is 1. The third-order valence-corrected chi connectivity index (χ3v) is 4.27. The first-order chi connectivity index (χ1) is 7.66. The molecule has 0 spiro atoms. The Labute approximate surface area is 99.7 Å². The number of hydrogen-bond acceptors (Lipinski definition) is 3. The number of anilines is 1. The summed E-state index contributed by atoms with van der Waals surface area (Å²) in [6, 6.07) is 3.64. The van der Waals surface area contributed by atoms with Crippen LogP contribution in [0.25, 0.3) is 0 Å². The van der Waals surface area contributed by atoms with Crippen molar-refractivity contribution >= 4 is 22.3 Å². The smallest absolute Gasteiger partial charge is 0.345 e. The minimum absolute atomic E-state index is 0.437. The Morgan fingerprint density at radius 3 is 2.94 bits per heavy atom. The average molecular weight is 239 g/mol. The maximum Gasteiger partial charge on any atom is 0.345 e. The molecule has 0 aliphatic carbocycles. The second-order valence-electron chi connectivity index (χ2n) is 4.47. The van der Waals surface area contributed by atoms with E-state index in [4.69, 9.17) is 5.11 Å². The molecule has 1 saturated heterocycles. The molecule has 88 valence electrons. The molecule has 1 aromatic rings. The molecular weight excluding hydrogens is 222 g/mol. The van der Waals surface area contributed by atoms with Crippen LogP contribution in [0.4, 0.5) is 5.00 Å². The van der Waals surface area contributed by atoms with Crippen molar-refractivity contribution in [3.63, 3.8) is 0 Å². The van der Waals surface area contributed by atoms with Crippen molar-refractivity contribution in [3.8, 4) is 0 Å². The second-order valence-corrected chi connectivity index (χ2v) is 5.53. The Balaban J connectivity index is 2.07. The normalized spacial score (nSPS) is 21.8. The highest BCUT2D eigenvalue weighted by molar-refractivity contribution is 7.17. The van der Waals surface area contributed by atoms with Crippen LogP contribution in [0.1, 0.15) is 35.9 Å². The average Bonchev–Trinajstić information content (AvgIpc) is 2.63. The van der Waals surface area contributed by atoms with Gasteiger partial charge in [0.2, 0.25) is 0 Å². The third-order valence-electron chi connectivity index (χ3n) is 3.13. The van der Waals surface area contributed by atoms with Crippen molar-refractivity contribution < 1.29 is 9.90 Å². The number of carbonyl (C=O) groups is 1. The highest BCUT2D eigenvalue weighted by Gasteiger charge is 2.16. The predicted octanol–water partition coefficient (Wildman–Crippen LogP) is 3.07. The molecule has 0 aromatic carbocycles. The van der Waals surface area contributed by atoms with Gasteiger partial charge < -0.3 is 10.0 Å². The summed E-state index contributed by atoms with van der Waals surface area (Å²) in [5.74, 6) is -0.0247. The Hall–Kier alpha value is -1.03. The van der Waals surface area contributed by atoms with Gasteiger partial charge in [0.25, 0.3) is 0 Å². The number of nitrogens with zero attached hydrogens (tertiary/aromatic N) is 1. The van der Waals surface area contributed by atoms with E-state index in [1.807, 2.05) is 6.07 Å². The van der Waals surface area contributed by atoms with Gasteiger partial charge in [0, 0.05) is 13.1 Å². The molecule has 1 N–H and O–H groups in total. The van der Waals surface area contributed by atoms with Crippen molar-refractivity contribution in [2.75, 3.05) is 18.0 Å². The van der Waals surface area contributed by atoms with Crippen LogP contribution in [-0.4, -0.2) is 24.2 Å². The number of carboxylic acids is 1. The summed E-state index contributed by atoms with van der Waals surface area (Å²) in [4.78, 5) is 13.6. The fourth-order valence-electron chi connectivity index (χ4n) is 2.10. The van der Waals surface area contributed by atoms with Gasteiger partial charge in [0.1, 0.15) is 4.88 Å². The molecule has 2 heterocycles. The number of thiophene rings is 1. The highest BCUT2D eigenvalue weighted by Crippen LogP contribution is 2.29. The van der Waals surface area contributed by atoms with E-state index in [1.165, 1.54) is 30.6 Å². The largest absolute Gasteiger partial charge is 0.477 e. The van der Waals surface area contributed by atoms with Crippen molar-refractivity contribution in [2.24, 2.45) is 5.92 Å². The maximum atomic E-state index is 10.8. The van der Waals surface area contributed by atoms with Gasteiger partial charge in [-0.1, -0.05) is 6.92 Å². The zero-order valence-electron chi connectivity index (χ0n) is 9.48. The first-order valence-electron chi connectivity index (χ1n) is 5.75. The van der Waals surface area contributed by atoms with Gasteiger partial charge in [-0.25, -0.2) is 4.79 Å². The van der Waals surface area contributed by atoms with Gasteiger partial charge in [0.15, 0.2) is 0 Å². The molecule has 1 aromatic heterocycles. The fourth-order valence-corrected chi connectivity index (χ4v) is 2.99. The van der Waals surface area contributed by atoms with Gasteiger partial charge in [-0.3, -0.25) is 0 Å². The molecular formula is C12H17NO2S. The van der Waals surface area contributed by atoms with Crippen molar-refractivity contribution in [3.05, 3.63) is 17.0 Å². The Bertz CT molecular complexity index is 375. The molecule has 0 radical (unpaired) electrons. The summed E-state index contributed by atoms with van der Waals surface area (Å²) in [6.45, 7) is 4.41. The van der Waals surface area contributed by atoms with E-state index in [1.54, 1.807) is 6.07 Å². The molecule has 16 heavy (non-hydrogen) atoms. The molecule has 3 nitrogen and oxygen atoms in total. The summed E-state index contributed by atoms with van der Waals surface area (Å²) >= 11 is 1.38. The Morgan fingerprint density at radius 2 is 2.25 bits per heavy atom. The lowest BCUT2D eigenvalue weighted by Crippen LogP contribution is -2.22. The van der Waals surface area contributed by atoms with Crippen LogP contribution < -0.4 is 4.90 Å². The van der Waals surface area contributed by atoms with E-state index in [0.717, 1.165) is 24.0 Å². The lowest BCUT2D eigenvalue weighted by molar-refractivity contribution is 0.0702. The van der Waals surface area contributed by atoms with Gasteiger partial charge >= 0.3 is 5.97 Å². The lowest BCUT2D eigenvalue weighted by atomic mass is 10.0. The molecule has 1 aliphatic heterocycles. The SMILES string of the molecule is CC1CCCN(c2ccc(C(=O)O)s2)CC1. The first-order valence-corrected chi connectivity index (χ1v) is 6.56. The molecule has 2 rings (SSSR count). The molecule has 1 atom stereocenters. The molecule has 4 heteroatoms. The number of rotatable bonds is 2. The highest BCUT2D eigenvalue weighted by atomic mass is 32.1. The summed E-state index contributed by atoms with van der Waals surface area (Å²) in [5.41, 5.74) is 0. The molecule has 1 fully saturated rings. The van der Waals surface area contributed by atoms with Crippen LogP contribution in [0.2, 0.25) is 0 Å². The number of aromatic carboxylic acids is 1. The lowest BCUT2D eigenvalue weighted by Gasteiger charge is -2.20. The first kappa shape index (κ1) is 11.5. The fraction of sp³-hybridized carbons (Fsp3) is 0.583. The van der Waals surface area contributed by atoms with Crippen molar-refractivity contribution in [1.29, 1.82) is 0 Å². The van der Waals surface area contributed by atoms with Gasteiger partial charge in [-0.15, -0.1) is 11.3 Å². The van der Waals surface area contributed by atoms with Crippen LogP contribution in [0.5, 0.6) is 0 Å². The van der Waals surface area contributed by atoms with E-state index in [2.05, 4.69) is 11.8 Å². The minimum atomic E-state index is -0.820. The van der Waals surface area contributed by atoms with E-state index >= 15 is 0 Å². The molecule has 1 unspecified atom stereocenters. The molecule has 1 aliphatic rings. The monoisotopic (exact) mass is 239 g/mol. The predicted molar refractivity (Wildman–Crippen MR) is 66.5 cm³/mol. The van der Waals surface area contributed by atoms with E-state index < -0.39 is 5.97 Å². The summed E-state index contributed by atoms with van der Waals surface area (Å²) < 4.78 is 0. The van der Waals surface area contributed by atoms with E-state index in [0.29, 0.717) is 4.88 Å². The van der Waals surface area contributed by atoms with E-state index in [9.17, 15) is 4.79 Å². The topological polar surface area (TPSA) is 40.5 Å².